The van der Waals surface area contributed by atoms with Crippen molar-refractivity contribution in [2.24, 2.45) is 0 Å². The summed E-state index contributed by atoms with van der Waals surface area (Å²) in [4.78, 5) is 1.85. The van der Waals surface area contributed by atoms with Crippen LogP contribution in [0, 0.1) is 0 Å². The Kier molecular flexibility index (Phi) is 13.9. The lowest BCUT2D eigenvalue weighted by Gasteiger charge is -2.14. The highest BCUT2D eigenvalue weighted by atomic mass is 32.2. The van der Waals surface area contributed by atoms with Crippen LogP contribution in [0.4, 0.5) is 11.4 Å². The van der Waals surface area contributed by atoms with Gasteiger partial charge in [-0.2, -0.15) is 0 Å². The summed E-state index contributed by atoms with van der Waals surface area (Å²) < 4.78 is 67.0. The molecule has 12 nitrogen and oxygen atoms in total. The molecule has 0 aromatic heterocycles. The second kappa shape index (κ2) is 14.2. The lowest BCUT2D eigenvalue weighted by molar-refractivity contribution is -0.785. The van der Waals surface area contributed by atoms with Crippen LogP contribution in [0.25, 0.3) is 21.5 Å². The van der Waals surface area contributed by atoms with E-state index in [1.807, 2.05) is 52.5 Å². The zero-order chi connectivity index (χ0) is 25.3. The minimum Gasteiger partial charge on any atom is -0.744 e. The molecular weight excluding hydrogens is 540 g/mol. The van der Waals surface area contributed by atoms with E-state index in [-0.39, 0.29) is 31.7 Å². The molecule has 4 rings (SSSR count). The molecule has 0 unspecified atom stereocenters. The topological polar surface area (TPSA) is 249 Å². The third-order valence-corrected chi connectivity index (χ3v) is 7.17. The molecule has 0 atom stereocenters. The van der Waals surface area contributed by atoms with Gasteiger partial charge in [-0.15, -0.1) is 0 Å². The molecule has 0 saturated heterocycles. The summed E-state index contributed by atoms with van der Waals surface area (Å²) in [5, 5.41) is 2.57. The SMILES string of the molecule is C[NH+](C)c1cccc2c(S(=O)(=O)[O-])cccc12.C[NH+](C)c1cccc2c(S(=O)(=O)[O-])cccc12.O.O.O.O. The van der Waals surface area contributed by atoms with Crippen LogP contribution in [0.3, 0.4) is 0 Å². The minimum absolute atomic E-state index is 0. The number of hydrogen-bond donors (Lipinski definition) is 2. The molecule has 0 fully saturated rings. The highest BCUT2D eigenvalue weighted by Gasteiger charge is 2.13. The van der Waals surface area contributed by atoms with E-state index in [2.05, 4.69) is 0 Å². The summed E-state index contributed by atoms with van der Waals surface area (Å²) >= 11 is 0. The Balaban J connectivity index is 0. The monoisotopic (exact) mass is 574 g/mol. The zero-order valence-corrected chi connectivity index (χ0v) is 22.8. The molecule has 0 aliphatic carbocycles. The van der Waals surface area contributed by atoms with E-state index < -0.39 is 20.2 Å². The molecule has 38 heavy (non-hydrogen) atoms. The molecular formula is C24H34N2O10S2. The average molecular weight is 575 g/mol. The van der Waals surface area contributed by atoms with Gasteiger partial charge in [-0.05, 0) is 36.4 Å². The third kappa shape index (κ3) is 7.99. The normalized spacial score (nSPS) is 10.9. The van der Waals surface area contributed by atoms with Crippen LogP contribution in [0.15, 0.2) is 82.6 Å². The van der Waals surface area contributed by atoms with Crippen molar-refractivity contribution >= 4 is 53.2 Å². The van der Waals surface area contributed by atoms with Crippen LogP contribution in [0.5, 0.6) is 0 Å². The molecule has 0 spiro atoms. The maximum atomic E-state index is 11.2. The van der Waals surface area contributed by atoms with Crippen molar-refractivity contribution < 1.29 is 57.6 Å². The summed E-state index contributed by atoms with van der Waals surface area (Å²) in [6, 6.07) is 20.2. The first-order valence-electron chi connectivity index (χ1n) is 10.4. The molecule has 0 heterocycles. The van der Waals surface area contributed by atoms with Crippen LogP contribution >= 0.6 is 0 Å². The molecule has 212 valence electrons. The van der Waals surface area contributed by atoms with E-state index in [1.165, 1.54) is 12.1 Å². The summed E-state index contributed by atoms with van der Waals surface area (Å²) in [5.41, 5.74) is 1.93. The Bertz CT molecular complexity index is 1450. The third-order valence-electron chi connectivity index (χ3n) is 5.38. The minimum atomic E-state index is -4.43. The molecule has 0 amide bonds. The maximum Gasteiger partial charge on any atom is 0.138 e. The van der Waals surface area contributed by atoms with E-state index in [9.17, 15) is 25.9 Å². The second-order valence-electron chi connectivity index (χ2n) is 8.22. The summed E-state index contributed by atoms with van der Waals surface area (Å²) in [5.74, 6) is 0. The number of quaternary nitrogens is 2. The summed E-state index contributed by atoms with van der Waals surface area (Å²) in [6.45, 7) is 0. The molecule has 4 aromatic carbocycles. The summed E-state index contributed by atoms with van der Waals surface area (Å²) in [7, 11) is -1.06. The van der Waals surface area contributed by atoms with Gasteiger partial charge < -0.3 is 40.8 Å². The smallest absolute Gasteiger partial charge is 0.138 e. The Hall–Kier alpha value is -3.02. The van der Waals surface area contributed by atoms with Crippen LogP contribution < -0.4 is 9.80 Å². The van der Waals surface area contributed by atoms with Crippen molar-refractivity contribution in [3.05, 3.63) is 72.8 Å². The van der Waals surface area contributed by atoms with Gasteiger partial charge in [0.25, 0.3) is 0 Å². The molecule has 0 saturated carbocycles. The second-order valence-corrected chi connectivity index (χ2v) is 10.9. The fourth-order valence-electron chi connectivity index (χ4n) is 3.87. The first-order valence-corrected chi connectivity index (χ1v) is 13.2. The molecule has 0 aliphatic heterocycles. The van der Waals surface area contributed by atoms with E-state index in [4.69, 9.17) is 0 Å². The van der Waals surface area contributed by atoms with Gasteiger partial charge in [-0.25, -0.2) is 16.8 Å². The van der Waals surface area contributed by atoms with Gasteiger partial charge in [0.1, 0.15) is 31.6 Å². The number of fused-ring (bicyclic) bond motifs is 2. The quantitative estimate of drug-likeness (QED) is 0.254. The number of hydrogen-bond acceptors (Lipinski definition) is 6. The van der Waals surface area contributed by atoms with E-state index in [0.717, 1.165) is 31.9 Å². The maximum absolute atomic E-state index is 11.2. The number of rotatable bonds is 4. The standard InChI is InChI=1S/2C12H13NO3S.4H2O/c2*1-13(2)11-7-3-6-10-9(11)5-4-8-12(10)17(14,15)16;;;;/h2*3-8H,1-2H3,(H,14,15,16);4*1H2. The van der Waals surface area contributed by atoms with Crippen molar-refractivity contribution in [1.82, 2.24) is 0 Å². The highest BCUT2D eigenvalue weighted by Crippen LogP contribution is 2.27. The van der Waals surface area contributed by atoms with E-state index >= 15 is 0 Å². The van der Waals surface area contributed by atoms with Gasteiger partial charge in [0.05, 0.1) is 38.0 Å². The molecule has 0 aliphatic rings. The van der Waals surface area contributed by atoms with Crippen LogP contribution in [-0.2, 0) is 20.2 Å². The Morgan fingerprint density at radius 1 is 0.474 bits per heavy atom. The van der Waals surface area contributed by atoms with Gasteiger partial charge in [0.15, 0.2) is 0 Å². The lowest BCUT2D eigenvalue weighted by atomic mass is 10.1. The average Bonchev–Trinajstić information content (AvgIpc) is 2.76. The molecule has 4 aromatic rings. The van der Waals surface area contributed by atoms with E-state index in [1.54, 1.807) is 36.4 Å². The molecule has 0 bridgehead atoms. The molecule has 0 radical (unpaired) electrons. The van der Waals surface area contributed by atoms with Crippen LogP contribution in [0.2, 0.25) is 0 Å². The first kappa shape index (κ1) is 37.1. The van der Waals surface area contributed by atoms with Gasteiger partial charge in [-0.3, -0.25) is 0 Å². The Labute approximate surface area is 221 Å². The molecule has 10 N–H and O–H groups in total. The van der Waals surface area contributed by atoms with Crippen LogP contribution in [-0.4, -0.2) is 76.0 Å². The predicted octanol–water partition coefficient (Wildman–Crippen LogP) is -2.26. The fraction of sp³-hybridized carbons (Fsp3) is 0.167. The molecule has 14 heteroatoms. The summed E-state index contributed by atoms with van der Waals surface area (Å²) in [6.07, 6.45) is 0. The largest absolute Gasteiger partial charge is 0.744 e. The van der Waals surface area contributed by atoms with Crippen molar-refractivity contribution in [3.8, 4) is 0 Å². The van der Waals surface area contributed by atoms with E-state index in [0.29, 0.717) is 10.8 Å². The van der Waals surface area contributed by atoms with Crippen molar-refractivity contribution in [2.75, 3.05) is 28.2 Å². The number of nitrogens with one attached hydrogen (secondary N) is 2. The zero-order valence-electron chi connectivity index (χ0n) is 21.2. The van der Waals surface area contributed by atoms with Gasteiger partial charge in [0, 0.05) is 21.5 Å². The van der Waals surface area contributed by atoms with Crippen molar-refractivity contribution in [1.29, 1.82) is 0 Å². The van der Waals surface area contributed by atoms with Gasteiger partial charge >= 0.3 is 0 Å². The van der Waals surface area contributed by atoms with Crippen LogP contribution in [0.1, 0.15) is 0 Å². The lowest BCUT2D eigenvalue weighted by Crippen LogP contribution is -3.00. The Morgan fingerprint density at radius 2 is 0.737 bits per heavy atom. The number of benzene rings is 4. The predicted molar refractivity (Wildman–Crippen MR) is 143 cm³/mol. The van der Waals surface area contributed by atoms with Gasteiger partial charge in [0.2, 0.25) is 0 Å². The fourth-order valence-corrected chi connectivity index (χ4v) is 5.26. The van der Waals surface area contributed by atoms with Gasteiger partial charge in [-0.1, -0.05) is 36.4 Å². The first-order chi connectivity index (χ1) is 15.8. The van der Waals surface area contributed by atoms with Crippen molar-refractivity contribution in [2.45, 2.75) is 9.79 Å². The Morgan fingerprint density at radius 3 is 1.00 bits per heavy atom. The van der Waals surface area contributed by atoms with Crippen molar-refractivity contribution in [3.63, 3.8) is 0 Å². The highest BCUT2D eigenvalue weighted by molar-refractivity contribution is 7.86.